The number of carbonyl (C=O) groups excluding carboxylic acids is 1. The highest BCUT2D eigenvalue weighted by Crippen LogP contribution is 2.44. The number of anilines is 1. The third-order valence-electron chi connectivity index (χ3n) is 5.00. The number of ether oxygens (including phenoxy) is 3. The van der Waals surface area contributed by atoms with Gasteiger partial charge in [0.05, 0.1) is 36.2 Å². The zero-order valence-corrected chi connectivity index (χ0v) is 16.7. The first-order chi connectivity index (χ1) is 14.4. The van der Waals surface area contributed by atoms with Crippen molar-refractivity contribution in [2.45, 2.75) is 19.8 Å². The molecule has 1 saturated heterocycles. The van der Waals surface area contributed by atoms with E-state index in [4.69, 9.17) is 19.9 Å². The zero-order valence-electron chi connectivity index (χ0n) is 16.7. The molecule has 30 heavy (non-hydrogen) atoms. The predicted molar refractivity (Wildman–Crippen MR) is 106 cm³/mol. The third-order valence-corrected chi connectivity index (χ3v) is 5.00. The zero-order chi connectivity index (χ0) is 21.8. The number of nitrogens with two attached hydrogens (primary N) is 1. The van der Waals surface area contributed by atoms with Crippen molar-refractivity contribution in [1.82, 2.24) is 0 Å². The predicted octanol–water partition coefficient (Wildman–Crippen LogP) is 2.08. The van der Waals surface area contributed by atoms with Crippen molar-refractivity contribution in [2.75, 3.05) is 37.8 Å². The molecule has 1 fully saturated rings. The van der Waals surface area contributed by atoms with Gasteiger partial charge in [-0.3, -0.25) is 10.1 Å². The molecule has 10 nitrogen and oxygen atoms in total. The van der Waals surface area contributed by atoms with E-state index in [9.17, 15) is 20.2 Å². The Kier molecular flexibility index (Phi) is 6.23. The summed E-state index contributed by atoms with van der Waals surface area (Å²) in [5, 5.41) is 21.5. The molecule has 0 saturated carbocycles. The van der Waals surface area contributed by atoms with Crippen molar-refractivity contribution in [3.63, 3.8) is 0 Å². The van der Waals surface area contributed by atoms with Gasteiger partial charge in [0, 0.05) is 30.4 Å². The van der Waals surface area contributed by atoms with Gasteiger partial charge in [-0.25, -0.2) is 4.79 Å². The summed E-state index contributed by atoms with van der Waals surface area (Å²) >= 11 is 0. The Morgan fingerprint density at radius 1 is 1.43 bits per heavy atom. The van der Waals surface area contributed by atoms with E-state index in [0.29, 0.717) is 26.3 Å². The van der Waals surface area contributed by atoms with Crippen LogP contribution in [0.1, 0.15) is 25.3 Å². The molecular formula is C20H22N4O6. The Labute approximate surface area is 173 Å². The number of rotatable bonds is 5. The van der Waals surface area contributed by atoms with Crippen LogP contribution in [0.15, 0.2) is 41.0 Å². The Hall–Kier alpha value is -3.58. The molecule has 158 valence electrons. The summed E-state index contributed by atoms with van der Waals surface area (Å²) < 4.78 is 15.9. The van der Waals surface area contributed by atoms with Crippen LogP contribution in [-0.4, -0.2) is 43.8 Å². The van der Waals surface area contributed by atoms with E-state index in [0.717, 1.165) is 5.69 Å². The molecule has 0 amide bonds. The van der Waals surface area contributed by atoms with Crippen LogP contribution in [0, 0.1) is 21.4 Å². The van der Waals surface area contributed by atoms with Crippen LogP contribution < -0.4 is 10.6 Å². The number of allylic oxidation sites excluding steroid dienone is 2. The minimum absolute atomic E-state index is 0.0184. The standard InChI is InChI=1S/C20H22N4O6/c1-3-29-20(25)17-12(2)30-19(22)15(11-21)18(17)14-10-13(4-5-16(14)24(26)27)23-6-8-28-9-7-23/h4-5,10,18H,3,6-9,22H2,1-2H3. The fraction of sp³-hybridized carbons (Fsp3) is 0.400. The number of morpholine rings is 1. The lowest BCUT2D eigenvalue weighted by atomic mass is 9.82. The molecule has 1 aromatic rings. The van der Waals surface area contributed by atoms with E-state index in [1.165, 1.54) is 13.0 Å². The van der Waals surface area contributed by atoms with Gasteiger partial charge in [-0.1, -0.05) is 0 Å². The summed E-state index contributed by atoms with van der Waals surface area (Å²) in [6.07, 6.45) is 0. The van der Waals surface area contributed by atoms with Crippen LogP contribution in [0.25, 0.3) is 0 Å². The first kappa shape index (κ1) is 21.1. The monoisotopic (exact) mass is 414 g/mol. The number of benzene rings is 1. The number of nitrogens with zero attached hydrogens (tertiary/aromatic N) is 3. The minimum Gasteiger partial charge on any atom is -0.463 e. The highest BCUT2D eigenvalue weighted by molar-refractivity contribution is 5.93. The topological polar surface area (TPSA) is 141 Å². The molecule has 3 rings (SSSR count). The summed E-state index contributed by atoms with van der Waals surface area (Å²) in [7, 11) is 0. The van der Waals surface area contributed by atoms with Gasteiger partial charge in [0.25, 0.3) is 5.69 Å². The second kappa shape index (κ2) is 8.84. The SMILES string of the molecule is CCOC(=O)C1=C(C)OC(N)=C(C#N)C1c1cc(N2CCOCC2)ccc1[N+](=O)[O-]. The van der Waals surface area contributed by atoms with Gasteiger partial charge < -0.3 is 24.8 Å². The second-order valence-electron chi connectivity index (χ2n) is 6.71. The van der Waals surface area contributed by atoms with Crippen LogP contribution in [0.4, 0.5) is 11.4 Å². The van der Waals surface area contributed by atoms with Crippen molar-refractivity contribution in [2.24, 2.45) is 5.73 Å². The molecule has 2 aliphatic rings. The first-order valence-electron chi connectivity index (χ1n) is 9.45. The normalized spacial score (nSPS) is 19.2. The number of hydrogen-bond acceptors (Lipinski definition) is 9. The third kappa shape index (κ3) is 3.92. The van der Waals surface area contributed by atoms with Crippen LogP contribution in [0.2, 0.25) is 0 Å². The fourth-order valence-electron chi connectivity index (χ4n) is 3.62. The Bertz CT molecular complexity index is 972. The summed E-state index contributed by atoms with van der Waals surface area (Å²) in [6, 6.07) is 6.59. The van der Waals surface area contributed by atoms with Gasteiger partial charge in [0.1, 0.15) is 17.4 Å². The number of nitro benzene ring substituents is 1. The maximum atomic E-state index is 12.7. The first-order valence-corrected chi connectivity index (χ1v) is 9.45. The quantitative estimate of drug-likeness (QED) is 0.435. The molecule has 1 unspecified atom stereocenters. The summed E-state index contributed by atoms with van der Waals surface area (Å²) in [6.45, 7) is 5.56. The van der Waals surface area contributed by atoms with Gasteiger partial charge in [-0.05, 0) is 26.0 Å². The average molecular weight is 414 g/mol. The number of nitro groups is 1. The van der Waals surface area contributed by atoms with Gasteiger partial charge in [-0.15, -0.1) is 0 Å². The van der Waals surface area contributed by atoms with Crippen molar-refractivity contribution in [3.8, 4) is 6.07 Å². The molecular weight excluding hydrogens is 392 g/mol. The number of nitriles is 1. The van der Waals surface area contributed by atoms with Gasteiger partial charge in [0.2, 0.25) is 5.88 Å². The lowest BCUT2D eigenvalue weighted by Crippen LogP contribution is -2.36. The van der Waals surface area contributed by atoms with E-state index in [-0.39, 0.29) is 40.6 Å². The lowest BCUT2D eigenvalue weighted by molar-refractivity contribution is -0.385. The summed E-state index contributed by atoms with van der Waals surface area (Å²) in [5.74, 6) is -1.85. The maximum Gasteiger partial charge on any atom is 0.338 e. The van der Waals surface area contributed by atoms with Gasteiger partial charge in [-0.2, -0.15) is 5.26 Å². The lowest BCUT2D eigenvalue weighted by Gasteiger charge is -2.30. The van der Waals surface area contributed by atoms with Crippen LogP contribution >= 0.6 is 0 Å². The van der Waals surface area contributed by atoms with E-state index in [2.05, 4.69) is 0 Å². The van der Waals surface area contributed by atoms with Crippen molar-refractivity contribution < 1.29 is 23.9 Å². The highest BCUT2D eigenvalue weighted by atomic mass is 16.6. The smallest absolute Gasteiger partial charge is 0.338 e. The van der Waals surface area contributed by atoms with Crippen LogP contribution in [-0.2, 0) is 19.0 Å². The highest BCUT2D eigenvalue weighted by Gasteiger charge is 2.40. The molecule has 10 heteroatoms. The molecule has 2 N–H and O–H groups in total. The van der Waals surface area contributed by atoms with Crippen molar-refractivity contribution in [1.29, 1.82) is 5.26 Å². The van der Waals surface area contributed by atoms with Gasteiger partial charge in [0.15, 0.2) is 0 Å². The number of hydrogen-bond donors (Lipinski definition) is 1. The molecule has 2 heterocycles. The molecule has 0 aliphatic carbocycles. The van der Waals surface area contributed by atoms with E-state index in [1.807, 2.05) is 11.0 Å². The van der Waals surface area contributed by atoms with Gasteiger partial charge >= 0.3 is 5.97 Å². The minimum atomic E-state index is -1.08. The number of esters is 1. The largest absolute Gasteiger partial charge is 0.463 e. The summed E-state index contributed by atoms with van der Waals surface area (Å²) in [4.78, 5) is 26.0. The molecule has 0 spiro atoms. The Balaban J connectivity index is 2.21. The summed E-state index contributed by atoms with van der Waals surface area (Å²) in [5.41, 5.74) is 6.51. The van der Waals surface area contributed by atoms with Crippen molar-refractivity contribution >= 4 is 17.3 Å². The molecule has 2 aliphatic heterocycles. The van der Waals surface area contributed by atoms with Crippen LogP contribution in [0.3, 0.4) is 0 Å². The Morgan fingerprint density at radius 3 is 2.73 bits per heavy atom. The molecule has 0 radical (unpaired) electrons. The Morgan fingerprint density at radius 2 is 2.13 bits per heavy atom. The average Bonchev–Trinajstić information content (AvgIpc) is 2.73. The maximum absolute atomic E-state index is 12.7. The van der Waals surface area contributed by atoms with E-state index >= 15 is 0 Å². The molecule has 0 bridgehead atoms. The van der Waals surface area contributed by atoms with Crippen LogP contribution in [0.5, 0.6) is 0 Å². The van der Waals surface area contributed by atoms with E-state index in [1.54, 1.807) is 19.1 Å². The fourth-order valence-corrected chi connectivity index (χ4v) is 3.62. The molecule has 1 aromatic carbocycles. The molecule has 1 atom stereocenters. The number of carbonyl (C=O) groups is 1. The van der Waals surface area contributed by atoms with Crippen molar-refractivity contribution in [3.05, 3.63) is 56.7 Å². The second-order valence-corrected chi connectivity index (χ2v) is 6.71. The molecule has 0 aromatic heterocycles. The van der Waals surface area contributed by atoms with E-state index < -0.39 is 16.8 Å².